The van der Waals surface area contributed by atoms with Gasteiger partial charge < -0.3 is 5.32 Å². The first-order valence-corrected chi connectivity index (χ1v) is 8.06. The number of amides is 1. The van der Waals surface area contributed by atoms with Crippen LogP contribution in [-0.4, -0.2) is 12.1 Å². The number of nitrogens with one attached hydrogen (secondary N) is 1. The zero-order valence-corrected chi connectivity index (χ0v) is 13.0. The van der Waals surface area contributed by atoms with Gasteiger partial charge in [0.2, 0.25) is 5.91 Å². The second-order valence-electron chi connectivity index (χ2n) is 5.36. The van der Waals surface area contributed by atoms with Crippen molar-refractivity contribution < 1.29 is 18.0 Å². The van der Waals surface area contributed by atoms with Gasteiger partial charge in [-0.05, 0) is 30.5 Å². The van der Waals surface area contributed by atoms with Gasteiger partial charge in [-0.3, -0.25) is 4.79 Å². The standard InChI is InChI=1S/C15H17BrF3NO/c16-9-10-4-3-5-11(8-10)20-14(21)12-6-1-2-7-13(12)15(17,18)19/h3-5,8,12-13H,1-2,6-7,9H2,(H,20,21). The molecule has 1 aliphatic rings. The van der Waals surface area contributed by atoms with Crippen LogP contribution in [0, 0.1) is 11.8 Å². The fourth-order valence-corrected chi connectivity index (χ4v) is 3.15. The highest BCUT2D eigenvalue weighted by Gasteiger charge is 2.47. The smallest absolute Gasteiger partial charge is 0.326 e. The molecule has 2 nitrogen and oxygen atoms in total. The summed E-state index contributed by atoms with van der Waals surface area (Å²) in [5, 5.41) is 3.26. The van der Waals surface area contributed by atoms with Crippen molar-refractivity contribution in [3.8, 4) is 0 Å². The largest absolute Gasteiger partial charge is 0.392 e. The molecule has 6 heteroatoms. The normalized spacial score (nSPS) is 22.9. The molecular formula is C15H17BrF3NO. The fourth-order valence-electron chi connectivity index (χ4n) is 2.80. The van der Waals surface area contributed by atoms with Crippen LogP contribution in [0.4, 0.5) is 18.9 Å². The van der Waals surface area contributed by atoms with Crippen molar-refractivity contribution in [3.63, 3.8) is 0 Å². The van der Waals surface area contributed by atoms with E-state index in [1.165, 1.54) is 0 Å². The molecule has 1 aliphatic carbocycles. The van der Waals surface area contributed by atoms with Crippen molar-refractivity contribution in [2.45, 2.75) is 37.2 Å². The summed E-state index contributed by atoms with van der Waals surface area (Å²) in [6, 6.07) is 7.10. The Bertz CT molecular complexity index is 504. The molecule has 0 aromatic heterocycles. The minimum absolute atomic E-state index is 0.0447. The molecule has 0 aliphatic heterocycles. The van der Waals surface area contributed by atoms with Crippen LogP contribution in [0.15, 0.2) is 24.3 Å². The molecule has 1 N–H and O–H groups in total. The van der Waals surface area contributed by atoms with Gasteiger partial charge in [-0.15, -0.1) is 0 Å². The van der Waals surface area contributed by atoms with Gasteiger partial charge in [0.05, 0.1) is 5.92 Å². The van der Waals surface area contributed by atoms with E-state index in [0.717, 1.165) is 5.56 Å². The lowest BCUT2D eigenvalue weighted by Crippen LogP contribution is -2.39. The third-order valence-electron chi connectivity index (χ3n) is 3.87. The van der Waals surface area contributed by atoms with Gasteiger partial charge in [0.15, 0.2) is 0 Å². The Balaban J connectivity index is 2.10. The van der Waals surface area contributed by atoms with Gasteiger partial charge >= 0.3 is 6.18 Å². The molecule has 0 spiro atoms. The highest BCUT2D eigenvalue weighted by atomic mass is 79.9. The van der Waals surface area contributed by atoms with Crippen LogP contribution in [0.2, 0.25) is 0 Å². The maximum Gasteiger partial charge on any atom is 0.392 e. The number of halogens is 4. The van der Waals surface area contributed by atoms with Gasteiger partial charge in [-0.2, -0.15) is 13.2 Å². The summed E-state index contributed by atoms with van der Waals surface area (Å²) >= 11 is 3.31. The highest BCUT2D eigenvalue weighted by Crippen LogP contribution is 2.41. The number of hydrogen-bond acceptors (Lipinski definition) is 1. The molecule has 0 radical (unpaired) electrons. The molecular weight excluding hydrogens is 347 g/mol. The van der Waals surface area contributed by atoms with Crippen molar-refractivity contribution >= 4 is 27.5 Å². The predicted octanol–water partition coefficient (Wildman–Crippen LogP) is 4.89. The SMILES string of the molecule is O=C(Nc1cccc(CBr)c1)C1CCCCC1C(F)(F)F. The zero-order chi connectivity index (χ0) is 15.5. The molecule has 0 bridgehead atoms. The lowest BCUT2D eigenvalue weighted by molar-refractivity contribution is -0.197. The van der Waals surface area contributed by atoms with Crippen LogP contribution in [0.1, 0.15) is 31.2 Å². The molecule has 0 heterocycles. The summed E-state index contributed by atoms with van der Waals surface area (Å²) in [5.41, 5.74) is 1.51. The van der Waals surface area contributed by atoms with Crippen molar-refractivity contribution in [1.82, 2.24) is 0 Å². The maximum atomic E-state index is 13.0. The van der Waals surface area contributed by atoms with Gasteiger partial charge in [-0.1, -0.05) is 40.9 Å². The lowest BCUT2D eigenvalue weighted by atomic mass is 9.78. The molecule has 21 heavy (non-hydrogen) atoms. The summed E-state index contributed by atoms with van der Waals surface area (Å²) in [5.74, 6) is -3.03. The van der Waals surface area contributed by atoms with Gasteiger partial charge in [0.1, 0.15) is 0 Å². The molecule has 1 aromatic rings. The van der Waals surface area contributed by atoms with Crippen LogP contribution in [0.25, 0.3) is 0 Å². The van der Waals surface area contributed by atoms with E-state index in [1.807, 2.05) is 6.07 Å². The minimum Gasteiger partial charge on any atom is -0.326 e. The first-order valence-electron chi connectivity index (χ1n) is 6.94. The Kier molecular flexibility index (Phi) is 5.30. The van der Waals surface area contributed by atoms with Crippen LogP contribution in [-0.2, 0) is 10.1 Å². The van der Waals surface area contributed by atoms with E-state index in [9.17, 15) is 18.0 Å². The van der Waals surface area contributed by atoms with Gasteiger partial charge in [0, 0.05) is 16.9 Å². The van der Waals surface area contributed by atoms with Crippen molar-refractivity contribution in [1.29, 1.82) is 0 Å². The maximum absolute atomic E-state index is 13.0. The number of carbonyl (C=O) groups excluding carboxylic acids is 1. The van der Waals surface area contributed by atoms with Crippen molar-refractivity contribution in [2.75, 3.05) is 5.32 Å². The van der Waals surface area contributed by atoms with Crippen LogP contribution < -0.4 is 5.32 Å². The highest BCUT2D eigenvalue weighted by molar-refractivity contribution is 9.08. The van der Waals surface area contributed by atoms with E-state index in [4.69, 9.17) is 0 Å². The molecule has 0 saturated heterocycles. The second-order valence-corrected chi connectivity index (χ2v) is 5.92. The molecule has 1 saturated carbocycles. The summed E-state index contributed by atoms with van der Waals surface area (Å²) in [4.78, 5) is 12.2. The van der Waals surface area contributed by atoms with E-state index in [1.54, 1.807) is 18.2 Å². The first-order chi connectivity index (χ1) is 9.91. The Morgan fingerprint density at radius 1 is 1.29 bits per heavy atom. The number of alkyl halides is 4. The first kappa shape index (κ1) is 16.3. The summed E-state index contributed by atoms with van der Waals surface area (Å²) < 4.78 is 39.1. The molecule has 2 unspecified atom stereocenters. The summed E-state index contributed by atoms with van der Waals surface area (Å²) in [6.07, 6.45) is -2.75. The van der Waals surface area contributed by atoms with Crippen LogP contribution >= 0.6 is 15.9 Å². The van der Waals surface area contributed by atoms with Crippen molar-refractivity contribution in [2.24, 2.45) is 11.8 Å². The molecule has 2 rings (SSSR count). The van der Waals surface area contributed by atoms with E-state index in [2.05, 4.69) is 21.2 Å². The minimum atomic E-state index is -4.31. The van der Waals surface area contributed by atoms with Crippen molar-refractivity contribution in [3.05, 3.63) is 29.8 Å². The second kappa shape index (κ2) is 6.81. The Hall–Kier alpha value is -1.04. The van der Waals surface area contributed by atoms with Gasteiger partial charge in [-0.25, -0.2) is 0 Å². The number of anilines is 1. The Labute approximate surface area is 130 Å². The topological polar surface area (TPSA) is 29.1 Å². The van der Waals surface area contributed by atoms with E-state index in [-0.39, 0.29) is 6.42 Å². The molecule has 1 fully saturated rings. The van der Waals surface area contributed by atoms with Gasteiger partial charge in [0.25, 0.3) is 0 Å². The third-order valence-corrected chi connectivity index (χ3v) is 4.52. The zero-order valence-electron chi connectivity index (χ0n) is 11.4. The summed E-state index contributed by atoms with van der Waals surface area (Å²) in [7, 11) is 0. The Morgan fingerprint density at radius 3 is 2.67 bits per heavy atom. The monoisotopic (exact) mass is 363 g/mol. The third kappa shape index (κ3) is 4.22. The van der Waals surface area contributed by atoms with E-state index < -0.39 is 23.9 Å². The molecule has 116 valence electrons. The number of carbonyl (C=O) groups is 1. The number of benzene rings is 1. The van der Waals surface area contributed by atoms with E-state index in [0.29, 0.717) is 30.3 Å². The average molecular weight is 364 g/mol. The fraction of sp³-hybridized carbons (Fsp3) is 0.533. The lowest BCUT2D eigenvalue weighted by Gasteiger charge is -2.32. The van der Waals surface area contributed by atoms with Crippen LogP contribution in [0.5, 0.6) is 0 Å². The number of hydrogen-bond donors (Lipinski definition) is 1. The Morgan fingerprint density at radius 2 is 2.00 bits per heavy atom. The molecule has 2 atom stereocenters. The number of rotatable bonds is 3. The quantitative estimate of drug-likeness (QED) is 0.761. The average Bonchev–Trinajstić information content (AvgIpc) is 2.46. The summed E-state index contributed by atoms with van der Waals surface area (Å²) in [6.45, 7) is 0. The molecule has 1 aromatic carbocycles. The van der Waals surface area contributed by atoms with E-state index >= 15 is 0 Å². The molecule has 1 amide bonds. The van der Waals surface area contributed by atoms with Crippen LogP contribution in [0.3, 0.4) is 0 Å². The predicted molar refractivity (Wildman–Crippen MR) is 79.2 cm³/mol.